The van der Waals surface area contributed by atoms with Crippen molar-refractivity contribution in [1.29, 1.82) is 0 Å². The van der Waals surface area contributed by atoms with Crippen molar-refractivity contribution < 1.29 is 18.9 Å². The monoisotopic (exact) mass is 220 g/mol. The van der Waals surface area contributed by atoms with E-state index in [4.69, 9.17) is 0 Å². The Bertz CT molecular complexity index is 430. The summed E-state index contributed by atoms with van der Waals surface area (Å²) >= 11 is 0. The zero-order valence-electron chi connectivity index (χ0n) is 12.0. The molecule has 2 aliphatic carbocycles. The zero-order chi connectivity index (χ0) is 11.9. The van der Waals surface area contributed by atoms with Gasteiger partial charge in [0.1, 0.15) is 0 Å². The van der Waals surface area contributed by atoms with Crippen LogP contribution in [-0.2, 0) is 0 Å². The average molecular weight is 220 g/mol. The normalized spacial score (nSPS) is 23.6. The summed E-state index contributed by atoms with van der Waals surface area (Å²) in [5, 5.41) is 0. The van der Waals surface area contributed by atoms with Gasteiger partial charge in [-0.2, -0.15) is 17.2 Å². The van der Waals surface area contributed by atoms with Gasteiger partial charge < -0.3 is 0 Å². The first-order valence-corrected chi connectivity index (χ1v) is 6.22. The maximum absolute atomic E-state index is 3.53. The molecule has 0 N–H and O–H groups in total. The Morgan fingerprint density at radius 3 is 2.47 bits per heavy atom. The van der Waals surface area contributed by atoms with Crippen LogP contribution in [0, 0.1) is 17.9 Å². The van der Waals surface area contributed by atoms with Crippen LogP contribution in [0.15, 0.2) is 40.0 Å². The maximum atomic E-state index is 3.53. The largest absolute Gasteiger partial charge is 1.00 e. The molecule has 0 aromatic carbocycles. The van der Waals surface area contributed by atoms with Crippen LogP contribution < -0.4 is 18.9 Å². The van der Waals surface area contributed by atoms with Gasteiger partial charge in [0.25, 0.3) is 0 Å². The van der Waals surface area contributed by atoms with E-state index in [2.05, 4.69) is 52.8 Å². The van der Waals surface area contributed by atoms with Crippen LogP contribution in [0.3, 0.4) is 0 Å². The molecule has 0 nitrogen and oxygen atoms in total. The van der Waals surface area contributed by atoms with Gasteiger partial charge in [-0.05, 0) is 11.8 Å². The number of rotatable bonds is 1. The van der Waals surface area contributed by atoms with E-state index in [1.54, 1.807) is 5.57 Å². The van der Waals surface area contributed by atoms with Crippen molar-refractivity contribution in [2.24, 2.45) is 11.8 Å². The molecule has 0 bridgehead atoms. The first-order valence-electron chi connectivity index (χ1n) is 6.22. The SMILES string of the molecule is CC1=CC=C(C(C)C)C(C)C2=C(C)C[C-]=C12.[Li+]. The summed E-state index contributed by atoms with van der Waals surface area (Å²) in [6.45, 7) is 11.4. The van der Waals surface area contributed by atoms with Crippen LogP contribution >= 0.6 is 0 Å². The molecule has 0 saturated carbocycles. The summed E-state index contributed by atoms with van der Waals surface area (Å²) < 4.78 is 0. The van der Waals surface area contributed by atoms with Crippen molar-refractivity contribution in [1.82, 2.24) is 0 Å². The topological polar surface area (TPSA) is 0 Å². The molecule has 0 radical (unpaired) electrons. The van der Waals surface area contributed by atoms with Gasteiger partial charge in [-0.3, -0.25) is 0 Å². The minimum absolute atomic E-state index is 0. The van der Waals surface area contributed by atoms with Crippen molar-refractivity contribution in [2.45, 2.75) is 41.0 Å². The third kappa shape index (κ3) is 2.54. The Kier molecular flexibility index (Phi) is 4.70. The second-order valence-corrected chi connectivity index (χ2v) is 5.32. The first-order chi connectivity index (χ1) is 7.52. The second kappa shape index (κ2) is 5.47. The molecule has 1 heteroatoms. The van der Waals surface area contributed by atoms with E-state index in [1.165, 1.54) is 22.3 Å². The smallest absolute Gasteiger partial charge is 0.197 e. The Hall–Kier alpha value is -0.443. The third-order valence-corrected chi connectivity index (χ3v) is 3.78. The van der Waals surface area contributed by atoms with Gasteiger partial charge in [0, 0.05) is 0 Å². The standard InChI is InChI=1S/C16H21.Li/c1-10(2)14-8-6-11(3)15-9-7-12(4)16(15)13(14)5;/h6,8,10,13H,7H2,1-5H3;/q-1;+1. The van der Waals surface area contributed by atoms with E-state index in [0.29, 0.717) is 11.8 Å². The van der Waals surface area contributed by atoms with Crippen LogP contribution in [0.1, 0.15) is 41.0 Å². The molecule has 0 spiro atoms. The fraction of sp³-hybridized carbons (Fsp3) is 0.500. The molecule has 0 aromatic rings. The molecular formula is C16H21Li. The van der Waals surface area contributed by atoms with Gasteiger partial charge in [-0.25, -0.2) is 0 Å². The Morgan fingerprint density at radius 2 is 1.88 bits per heavy atom. The fourth-order valence-electron chi connectivity index (χ4n) is 2.87. The van der Waals surface area contributed by atoms with Crippen molar-refractivity contribution in [3.8, 4) is 0 Å². The van der Waals surface area contributed by atoms with Crippen molar-refractivity contribution in [2.75, 3.05) is 0 Å². The zero-order valence-corrected chi connectivity index (χ0v) is 12.0. The molecule has 86 valence electrons. The van der Waals surface area contributed by atoms with E-state index < -0.39 is 0 Å². The summed E-state index contributed by atoms with van der Waals surface area (Å²) in [6, 6.07) is 0. The van der Waals surface area contributed by atoms with Gasteiger partial charge in [-0.15, -0.1) is 17.2 Å². The number of hydrogen-bond acceptors (Lipinski definition) is 0. The van der Waals surface area contributed by atoms with Crippen LogP contribution in [0.25, 0.3) is 0 Å². The molecule has 0 aliphatic heterocycles. The van der Waals surface area contributed by atoms with Crippen LogP contribution in [0.5, 0.6) is 0 Å². The molecule has 0 heterocycles. The van der Waals surface area contributed by atoms with Gasteiger partial charge in [0.2, 0.25) is 0 Å². The summed E-state index contributed by atoms with van der Waals surface area (Å²) in [5.41, 5.74) is 7.33. The summed E-state index contributed by atoms with van der Waals surface area (Å²) in [5.74, 6) is 1.18. The van der Waals surface area contributed by atoms with Crippen LogP contribution in [0.2, 0.25) is 0 Å². The molecule has 1 unspecified atom stereocenters. The van der Waals surface area contributed by atoms with Crippen LogP contribution in [0.4, 0.5) is 0 Å². The first kappa shape index (κ1) is 14.6. The third-order valence-electron chi connectivity index (χ3n) is 3.78. The van der Waals surface area contributed by atoms with E-state index in [-0.39, 0.29) is 18.9 Å². The molecule has 2 rings (SSSR count). The van der Waals surface area contributed by atoms with Crippen molar-refractivity contribution in [3.63, 3.8) is 0 Å². The predicted octanol–water partition coefficient (Wildman–Crippen LogP) is 1.62. The molecule has 0 fully saturated rings. The molecule has 0 saturated heterocycles. The average Bonchev–Trinajstić information content (AvgIpc) is 2.53. The fourth-order valence-corrected chi connectivity index (χ4v) is 2.87. The van der Waals surface area contributed by atoms with Crippen molar-refractivity contribution in [3.05, 3.63) is 46.1 Å². The van der Waals surface area contributed by atoms with Gasteiger partial charge >= 0.3 is 18.9 Å². The molecule has 1 atom stereocenters. The Balaban J connectivity index is 0.00000144. The predicted molar refractivity (Wildman–Crippen MR) is 69.9 cm³/mol. The van der Waals surface area contributed by atoms with Crippen LogP contribution in [-0.4, -0.2) is 0 Å². The molecule has 2 aliphatic rings. The minimum Gasteiger partial charge on any atom is -0.197 e. The Labute approximate surface area is 118 Å². The van der Waals surface area contributed by atoms with E-state index >= 15 is 0 Å². The quantitative estimate of drug-likeness (QED) is 0.465. The second-order valence-electron chi connectivity index (χ2n) is 5.32. The summed E-state index contributed by atoms with van der Waals surface area (Å²) in [7, 11) is 0. The summed E-state index contributed by atoms with van der Waals surface area (Å²) in [6.07, 6.45) is 9.13. The number of allylic oxidation sites excluding steroid dienone is 8. The van der Waals surface area contributed by atoms with Gasteiger partial charge in [0.15, 0.2) is 0 Å². The number of hydrogen-bond donors (Lipinski definition) is 0. The Morgan fingerprint density at radius 1 is 1.24 bits per heavy atom. The summed E-state index contributed by atoms with van der Waals surface area (Å²) in [4.78, 5) is 0. The number of fused-ring (bicyclic) bond motifs is 1. The molecule has 0 amide bonds. The maximum Gasteiger partial charge on any atom is 1.00 e. The van der Waals surface area contributed by atoms with Gasteiger partial charge in [0.05, 0.1) is 0 Å². The molecular weight excluding hydrogens is 199 g/mol. The van der Waals surface area contributed by atoms with E-state index in [0.717, 1.165) is 6.42 Å². The minimum atomic E-state index is 0. The molecule has 17 heavy (non-hydrogen) atoms. The molecule has 0 aromatic heterocycles. The van der Waals surface area contributed by atoms with E-state index in [1.807, 2.05) is 0 Å². The van der Waals surface area contributed by atoms with E-state index in [9.17, 15) is 0 Å². The van der Waals surface area contributed by atoms with Crippen molar-refractivity contribution >= 4 is 0 Å². The van der Waals surface area contributed by atoms with Gasteiger partial charge in [-0.1, -0.05) is 52.7 Å².